The standard InChI is InChI=1S/C22H23Cl2N3O2/c23-18-7-6-17(14-19(18)24)25-10-12-26(13-11-25)20-15-21(28)27(22(20)29)9-8-16-4-2-1-3-5-16/h1-7,14,20H,8-13,15H2. The minimum absolute atomic E-state index is 0.0612. The third-order valence-electron chi connectivity index (χ3n) is 5.71. The molecule has 2 fully saturated rings. The van der Waals surface area contributed by atoms with E-state index < -0.39 is 0 Å². The Morgan fingerprint density at radius 2 is 1.62 bits per heavy atom. The van der Waals surface area contributed by atoms with Gasteiger partial charge in [0.1, 0.15) is 0 Å². The normalized spacial score (nSPS) is 20.6. The molecule has 1 atom stereocenters. The molecule has 0 saturated carbocycles. The zero-order chi connectivity index (χ0) is 20.4. The summed E-state index contributed by atoms with van der Waals surface area (Å²) in [5.41, 5.74) is 2.16. The van der Waals surface area contributed by atoms with Gasteiger partial charge in [-0.3, -0.25) is 19.4 Å². The Morgan fingerprint density at radius 3 is 2.31 bits per heavy atom. The van der Waals surface area contributed by atoms with Gasteiger partial charge in [0.25, 0.3) is 0 Å². The number of anilines is 1. The molecule has 5 nitrogen and oxygen atoms in total. The Labute approximate surface area is 180 Å². The van der Waals surface area contributed by atoms with Gasteiger partial charge in [0.05, 0.1) is 22.5 Å². The molecule has 0 N–H and O–H groups in total. The predicted octanol–water partition coefficient (Wildman–Crippen LogP) is 3.49. The molecule has 152 valence electrons. The number of hydrogen-bond acceptors (Lipinski definition) is 4. The van der Waals surface area contributed by atoms with Crippen molar-refractivity contribution in [1.29, 1.82) is 0 Å². The molecule has 1 unspecified atom stereocenters. The van der Waals surface area contributed by atoms with Crippen molar-refractivity contribution < 1.29 is 9.59 Å². The van der Waals surface area contributed by atoms with Crippen molar-refractivity contribution >= 4 is 40.7 Å². The number of carbonyl (C=O) groups is 2. The third-order valence-corrected chi connectivity index (χ3v) is 6.45. The highest BCUT2D eigenvalue weighted by molar-refractivity contribution is 6.42. The second kappa shape index (κ2) is 8.74. The van der Waals surface area contributed by atoms with Crippen LogP contribution >= 0.6 is 23.2 Å². The van der Waals surface area contributed by atoms with Crippen LogP contribution in [-0.2, 0) is 16.0 Å². The smallest absolute Gasteiger partial charge is 0.247 e. The fourth-order valence-corrected chi connectivity index (χ4v) is 4.34. The van der Waals surface area contributed by atoms with Crippen LogP contribution in [0.3, 0.4) is 0 Å². The van der Waals surface area contributed by atoms with E-state index in [1.807, 2.05) is 42.5 Å². The topological polar surface area (TPSA) is 43.9 Å². The summed E-state index contributed by atoms with van der Waals surface area (Å²) in [6.07, 6.45) is 0.969. The van der Waals surface area contributed by atoms with Crippen molar-refractivity contribution in [2.24, 2.45) is 0 Å². The second-order valence-electron chi connectivity index (χ2n) is 7.46. The van der Waals surface area contributed by atoms with Crippen LogP contribution in [0.25, 0.3) is 0 Å². The van der Waals surface area contributed by atoms with Gasteiger partial charge in [-0.05, 0) is 30.2 Å². The lowest BCUT2D eigenvalue weighted by atomic mass is 10.1. The summed E-state index contributed by atoms with van der Waals surface area (Å²) in [5, 5.41) is 1.08. The van der Waals surface area contributed by atoms with Gasteiger partial charge < -0.3 is 4.90 Å². The van der Waals surface area contributed by atoms with E-state index in [0.29, 0.717) is 23.0 Å². The third kappa shape index (κ3) is 4.42. The first-order chi connectivity index (χ1) is 14.0. The molecule has 2 aliphatic heterocycles. The molecule has 2 amide bonds. The zero-order valence-corrected chi connectivity index (χ0v) is 17.6. The molecule has 2 aromatic carbocycles. The SMILES string of the molecule is O=C1CC(N2CCN(c3ccc(Cl)c(Cl)c3)CC2)C(=O)N1CCc1ccccc1. The van der Waals surface area contributed by atoms with E-state index >= 15 is 0 Å². The summed E-state index contributed by atoms with van der Waals surface area (Å²) in [6, 6.07) is 15.2. The van der Waals surface area contributed by atoms with Crippen molar-refractivity contribution in [3.8, 4) is 0 Å². The number of halogens is 2. The van der Waals surface area contributed by atoms with E-state index in [9.17, 15) is 9.59 Å². The summed E-state index contributed by atoms with van der Waals surface area (Å²) >= 11 is 12.1. The predicted molar refractivity (Wildman–Crippen MR) is 116 cm³/mol. The number of carbonyl (C=O) groups excluding carboxylic acids is 2. The number of hydrogen-bond donors (Lipinski definition) is 0. The average Bonchev–Trinajstić information content (AvgIpc) is 3.03. The summed E-state index contributed by atoms with van der Waals surface area (Å²) in [5.74, 6) is -0.128. The average molecular weight is 432 g/mol. The highest BCUT2D eigenvalue weighted by atomic mass is 35.5. The molecular formula is C22H23Cl2N3O2. The first-order valence-electron chi connectivity index (χ1n) is 9.85. The molecule has 0 aliphatic carbocycles. The van der Waals surface area contributed by atoms with Crippen molar-refractivity contribution in [3.63, 3.8) is 0 Å². The summed E-state index contributed by atoms with van der Waals surface area (Å²) in [7, 11) is 0. The summed E-state index contributed by atoms with van der Waals surface area (Å²) < 4.78 is 0. The van der Waals surface area contributed by atoms with Gasteiger partial charge in [-0.2, -0.15) is 0 Å². The van der Waals surface area contributed by atoms with Crippen molar-refractivity contribution in [2.75, 3.05) is 37.6 Å². The highest BCUT2D eigenvalue weighted by Gasteiger charge is 2.42. The first-order valence-corrected chi connectivity index (χ1v) is 10.6. The van der Waals surface area contributed by atoms with E-state index in [1.54, 1.807) is 6.07 Å². The minimum atomic E-state index is -0.339. The van der Waals surface area contributed by atoms with Crippen LogP contribution in [0.4, 0.5) is 5.69 Å². The first kappa shape index (κ1) is 20.2. The van der Waals surface area contributed by atoms with Gasteiger partial charge in [-0.15, -0.1) is 0 Å². The molecular weight excluding hydrogens is 409 g/mol. The maximum Gasteiger partial charge on any atom is 0.247 e. The summed E-state index contributed by atoms with van der Waals surface area (Å²) in [4.78, 5) is 31.1. The summed E-state index contributed by atoms with van der Waals surface area (Å²) in [6.45, 7) is 3.47. The van der Waals surface area contributed by atoms with E-state index in [-0.39, 0.29) is 24.3 Å². The highest BCUT2D eigenvalue weighted by Crippen LogP contribution is 2.28. The monoisotopic (exact) mass is 431 g/mol. The maximum absolute atomic E-state index is 12.9. The zero-order valence-electron chi connectivity index (χ0n) is 16.1. The lowest BCUT2D eigenvalue weighted by Gasteiger charge is -2.38. The van der Waals surface area contributed by atoms with Crippen molar-refractivity contribution in [3.05, 3.63) is 64.1 Å². The van der Waals surface area contributed by atoms with Gasteiger partial charge in [0, 0.05) is 38.4 Å². The molecule has 2 heterocycles. The van der Waals surface area contributed by atoms with E-state index in [4.69, 9.17) is 23.2 Å². The number of piperazine rings is 1. The van der Waals surface area contributed by atoms with Gasteiger partial charge in [-0.25, -0.2) is 0 Å². The van der Waals surface area contributed by atoms with E-state index in [1.165, 1.54) is 4.90 Å². The largest absolute Gasteiger partial charge is 0.369 e. The maximum atomic E-state index is 12.9. The van der Waals surface area contributed by atoms with Crippen LogP contribution < -0.4 is 4.90 Å². The van der Waals surface area contributed by atoms with Gasteiger partial charge in [0.2, 0.25) is 11.8 Å². The van der Waals surface area contributed by atoms with Crippen molar-refractivity contribution in [1.82, 2.24) is 9.80 Å². The van der Waals surface area contributed by atoms with Gasteiger partial charge in [0.15, 0.2) is 0 Å². The molecule has 0 radical (unpaired) electrons. The van der Waals surface area contributed by atoms with E-state index in [0.717, 1.165) is 37.4 Å². The Balaban J connectivity index is 1.34. The fraction of sp³-hybridized carbons (Fsp3) is 0.364. The van der Waals surface area contributed by atoms with Crippen LogP contribution in [0, 0.1) is 0 Å². The molecule has 29 heavy (non-hydrogen) atoms. The molecule has 0 aromatic heterocycles. The Bertz CT molecular complexity index is 898. The van der Waals surface area contributed by atoms with Crippen LogP contribution in [0.2, 0.25) is 10.0 Å². The molecule has 2 aliphatic rings. The van der Waals surface area contributed by atoms with Crippen molar-refractivity contribution in [2.45, 2.75) is 18.9 Å². The molecule has 4 rings (SSSR count). The van der Waals surface area contributed by atoms with Crippen LogP contribution in [-0.4, -0.2) is 60.4 Å². The number of likely N-dealkylation sites (tertiary alicyclic amines) is 1. The number of amides is 2. The number of rotatable bonds is 5. The lowest BCUT2D eigenvalue weighted by molar-refractivity contribution is -0.139. The van der Waals surface area contributed by atoms with Gasteiger partial charge in [-0.1, -0.05) is 53.5 Å². The Kier molecular flexibility index (Phi) is 6.09. The van der Waals surface area contributed by atoms with Crippen LogP contribution in [0.15, 0.2) is 48.5 Å². The quantitative estimate of drug-likeness (QED) is 0.679. The minimum Gasteiger partial charge on any atom is -0.369 e. The molecule has 7 heteroatoms. The number of benzene rings is 2. The molecule has 0 spiro atoms. The Morgan fingerprint density at radius 1 is 0.897 bits per heavy atom. The van der Waals surface area contributed by atoms with Crippen LogP contribution in [0.1, 0.15) is 12.0 Å². The number of imide groups is 1. The van der Waals surface area contributed by atoms with Crippen LogP contribution in [0.5, 0.6) is 0 Å². The fourth-order valence-electron chi connectivity index (χ4n) is 4.04. The molecule has 2 aromatic rings. The Hall–Kier alpha value is -2.08. The van der Waals surface area contributed by atoms with Gasteiger partial charge >= 0.3 is 0 Å². The number of nitrogens with zero attached hydrogens (tertiary/aromatic N) is 3. The second-order valence-corrected chi connectivity index (χ2v) is 8.27. The molecule has 2 saturated heterocycles. The lowest BCUT2D eigenvalue weighted by Crippen LogP contribution is -2.52. The molecule has 0 bridgehead atoms. The van der Waals surface area contributed by atoms with E-state index in [2.05, 4.69) is 9.80 Å².